The van der Waals surface area contributed by atoms with Crippen LogP contribution in [0.15, 0.2) is 12.1 Å². The van der Waals surface area contributed by atoms with Crippen molar-refractivity contribution in [3.63, 3.8) is 0 Å². The molecule has 12 heavy (non-hydrogen) atoms. The van der Waals surface area contributed by atoms with Gasteiger partial charge in [0.05, 0.1) is 7.11 Å². The number of anilines is 1. The molecule has 0 saturated heterocycles. The quantitative estimate of drug-likeness (QED) is 0.721. The predicted octanol–water partition coefficient (Wildman–Crippen LogP) is 1.55. The number of methoxy groups -OCH3 is 1. The molecular weight excluding hydrogens is 152 g/mol. The molecule has 0 bridgehead atoms. The monoisotopic (exact) mass is 164 g/mol. The van der Waals surface area contributed by atoms with Crippen LogP contribution in [0.2, 0.25) is 0 Å². The second kappa shape index (κ2) is 2.66. The van der Waals surface area contributed by atoms with Gasteiger partial charge >= 0.3 is 0 Å². The molecule has 0 amide bonds. The smallest absolute Gasteiger partial charge is 0.215 e. The van der Waals surface area contributed by atoms with Crippen LogP contribution in [-0.2, 0) is 0 Å². The van der Waals surface area contributed by atoms with Gasteiger partial charge in [-0.15, -0.1) is 0 Å². The molecule has 1 aromatic rings. The molecule has 1 saturated carbocycles. The van der Waals surface area contributed by atoms with E-state index in [1.807, 2.05) is 6.07 Å². The van der Waals surface area contributed by atoms with Crippen molar-refractivity contribution in [2.24, 2.45) is 0 Å². The van der Waals surface area contributed by atoms with Gasteiger partial charge in [-0.2, -0.15) is 0 Å². The highest BCUT2D eigenvalue weighted by atomic mass is 16.5. The first-order valence-electron chi connectivity index (χ1n) is 4.11. The summed E-state index contributed by atoms with van der Waals surface area (Å²) in [5.41, 5.74) is 7.50. The number of ether oxygens (including phenoxy) is 1. The van der Waals surface area contributed by atoms with Crippen LogP contribution >= 0.6 is 0 Å². The number of pyridine rings is 1. The zero-order valence-corrected chi connectivity index (χ0v) is 7.08. The lowest BCUT2D eigenvalue weighted by molar-refractivity contribution is 0.396. The SMILES string of the molecule is COc1cc(N)cc(C2CC2)n1. The van der Waals surface area contributed by atoms with Gasteiger partial charge in [0, 0.05) is 23.4 Å². The highest BCUT2D eigenvalue weighted by Gasteiger charge is 2.25. The van der Waals surface area contributed by atoms with Gasteiger partial charge in [-0.05, 0) is 18.9 Å². The van der Waals surface area contributed by atoms with E-state index >= 15 is 0 Å². The lowest BCUT2D eigenvalue weighted by Gasteiger charge is -2.03. The summed E-state index contributed by atoms with van der Waals surface area (Å²) in [6.07, 6.45) is 2.47. The van der Waals surface area contributed by atoms with Gasteiger partial charge < -0.3 is 10.5 Å². The number of nitrogen functional groups attached to an aromatic ring is 1. The van der Waals surface area contributed by atoms with E-state index in [1.54, 1.807) is 13.2 Å². The fourth-order valence-corrected chi connectivity index (χ4v) is 1.24. The molecule has 64 valence electrons. The maximum atomic E-state index is 5.68. The summed E-state index contributed by atoms with van der Waals surface area (Å²) in [6.45, 7) is 0. The Labute approximate surface area is 71.6 Å². The van der Waals surface area contributed by atoms with E-state index in [1.165, 1.54) is 12.8 Å². The van der Waals surface area contributed by atoms with E-state index < -0.39 is 0 Å². The molecule has 1 fully saturated rings. The van der Waals surface area contributed by atoms with Gasteiger partial charge in [0.1, 0.15) is 0 Å². The Morgan fingerprint density at radius 2 is 2.25 bits per heavy atom. The lowest BCUT2D eigenvalue weighted by Crippen LogP contribution is -1.95. The van der Waals surface area contributed by atoms with Crippen LogP contribution in [0.4, 0.5) is 5.69 Å². The molecule has 2 rings (SSSR count). The predicted molar refractivity (Wildman–Crippen MR) is 47.2 cm³/mol. The Hall–Kier alpha value is -1.25. The second-order valence-electron chi connectivity index (χ2n) is 3.14. The summed E-state index contributed by atoms with van der Waals surface area (Å²) < 4.78 is 5.02. The van der Waals surface area contributed by atoms with Crippen molar-refractivity contribution in [2.45, 2.75) is 18.8 Å². The maximum absolute atomic E-state index is 5.68. The zero-order valence-electron chi connectivity index (χ0n) is 7.08. The van der Waals surface area contributed by atoms with E-state index in [4.69, 9.17) is 10.5 Å². The van der Waals surface area contributed by atoms with E-state index in [0.29, 0.717) is 11.8 Å². The normalized spacial score (nSPS) is 16.1. The molecule has 0 spiro atoms. The highest BCUT2D eigenvalue weighted by Crippen LogP contribution is 2.40. The Morgan fingerprint density at radius 1 is 1.50 bits per heavy atom. The minimum absolute atomic E-state index is 0.622. The zero-order chi connectivity index (χ0) is 8.55. The van der Waals surface area contributed by atoms with Crippen LogP contribution < -0.4 is 10.5 Å². The van der Waals surface area contributed by atoms with Crippen LogP contribution in [0.1, 0.15) is 24.5 Å². The third-order valence-electron chi connectivity index (χ3n) is 2.05. The average Bonchev–Trinajstić information content (AvgIpc) is 2.85. The third kappa shape index (κ3) is 1.35. The summed E-state index contributed by atoms with van der Waals surface area (Å²) in [5.74, 6) is 1.25. The molecular formula is C9H12N2O. The lowest BCUT2D eigenvalue weighted by atomic mass is 10.2. The number of nitrogens with two attached hydrogens (primary N) is 1. The average molecular weight is 164 g/mol. The van der Waals surface area contributed by atoms with Crippen LogP contribution in [-0.4, -0.2) is 12.1 Å². The van der Waals surface area contributed by atoms with Crippen molar-refractivity contribution in [3.8, 4) is 5.88 Å². The Bertz CT molecular complexity index is 295. The van der Waals surface area contributed by atoms with Crippen molar-refractivity contribution >= 4 is 5.69 Å². The highest BCUT2D eigenvalue weighted by molar-refractivity contribution is 5.43. The summed E-state index contributed by atoms with van der Waals surface area (Å²) in [6, 6.07) is 3.67. The molecule has 2 N–H and O–H groups in total. The Morgan fingerprint density at radius 3 is 2.83 bits per heavy atom. The molecule has 1 aromatic heterocycles. The van der Waals surface area contributed by atoms with Crippen LogP contribution in [0.3, 0.4) is 0 Å². The number of rotatable bonds is 2. The van der Waals surface area contributed by atoms with E-state index in [9.17, 15) is 0 Å². The number of hydrogen-bond acceptors (Lipinski definition) is 3. The fourth-order valence-electron chi connectivity index (χ4n) is 1.24. The van der Waals surface area contributed by atoms with Gasteiger partial charge in [-0.25, -0.2) is 4.98 Å². The minimum atomic E-state index is 0.622. The Kier molecular flexibility index (Phi) is 1.64. The molecule has 1 aliphatic rings. The molecule has 0 aliphatic heterocycles. The summed E-state index contributed by atoms with van der Waals surface area (Å²) in [4.78, 5) is 4.31. The topological polar surface area (TPSA) is 48.1 Å². The second-order valence-corrected chi connectivity index (χ2v) is 3.14. The molecule has 0 unspecified atom stereocenters. The van der Waals surface area contributed by atoms with Crippen LogP contribution in [0.5, 0.6) is 5.88 Å². The van der Waals surface area contributed by atoms with Crippen molar-refractivity contribution < 1.29 is 4.74 Å². The van der Waals surface area contributed by atoms with Crippen molar-refractivity contribution in [3.05, 3.63) is 17.8 Å². The van der Waals surface area contributed by atoms with E-state index in [2.05, 4.69) is 4.98 Å². The van der Waals surface area contributed by atoms with Crippen molar-refractivity contribution in [1.29, 1.82) is 0 Å². The van der Waals surface area contributed by atoms with Gasteiger partial charge in [-0.1, -0.05) is 0 Å². The first-order chi connectivity index (χ1) is 5.79. The number of nitrogens with zero attached hydrogens (tertiary/aromatic N) is 1. The van der Waals surface area contributed by atoms with Gasteiger partial charge in [-0.3, -0.25) is 0 Å². The fraction of sp³-hybridized carbons (Fsp3) is 0.444. The third-order valence-corrected chi connectivity index (χ3v) is 2.05. The number of hydrogen-bond donors (Lipinski definition) is 1. The Balaban J connectivity index is 2.34. The van der Waals surface area contributed by atoms with Crippen molar-refractivity contribution in [2.75, 3.05) is 12.8 Å². The standard InChI is InChI=1S/C9H12N2O/c1-12-9-5-7(10)4-8(11-9)6-2-3-6/h4-6H,2-3H2,1H3,(H2,10,11). The molecule has 3 heteroatoms. The summed E-state index contributed by atoms with van der Waals surface area (Å²) in [7, 11) is 1.61. The number of aromatic nitrogens is 1. The van der Waals surface area contributed by atoms with E-state index in [0.717, 1.165) is 11.4 Å². The molecule has 3 nitrogen and oxygen atoms in total. The van der Waals surface area contributed by atoms with E-state index in [-0.39, 0.29) is 0 Å². The van der Waals surface area contributed by atoms with Gasteiger partial charge in [0.15, 0.2) is 0 Å². The molecule has 1 heterocycles. The van der Waals surface area contributed by atoms with Gasteiger partial charge in [0.2, 0.25) is 5.88 Å². The summed E-state index contributed by atoms with van der Waals surface area (Å²) in [5, 5.41) is 0. The van der Waals surface area contributed by atoms with Crippen LogP contribution in [0.25, 0.3) is 0 Å². The maximum Gasteiger partial charge on any atom is 0.215 e. The van der Waals surface area contributed by atoms with Crippen LogP contribution in [0, 0.1) is 0 Å². The first kappa shape index (κ1) is 7.40. The summed E-state index contributed by atoms with van der Waals surface area (Å²) >= 11 is 0. The molecule has 0 atom stereocenters. The molecule has 0 radical (unpaired) electrons. The largest absolute Gasteiger partial charge is 0.481 e. The van der Waals surface area contributed by atoms with Gasteiger partial charge in [0.25, 0.3) is 0 Å². The molecule has 1 aliphatic carbocycles. The molecule has 0 aromatic carbocycles. The first-order valence-corrected chi connectivity index (χ1v) is 4.11. The minimum Gasteiger partial charge on any atom is -0.481 e. The van der Waals surface area contributed by atoms with Crippen molar-refractivity contribution in [1.82, 2.24) is 4.98 Å².